The van der Waals surface area contributed by atoms with Gasteiger partial charge in [0.2, 0.25) is 0 Å². The topological polar surface area (TPSA) is 67.0 Å². The van der Waals surface area contributed by atoms with Crippen molar-refractivity contribution in [1.82, 2.24) is 9.88 Å². The zero-order valence-electron chi connectivity index (χ0n) is 10.8. The molecule has 0 spiro atoms. The Kier molecular flexibility index (Phi) is 5.14. The second kappa shape index (κ2) is 7.08. The molecule has 0 saturated carbocycles. The van der Waals surface area contributed by atoms with Crippen LogP contribution < -0.4 is 4.90 Å². The van der Waals surface area contributed by atoms with Crippen molar-refractivity contribution in [2.75, 3.05) is 37.6 Å². The maximum Gasteiger partial charge on any atom is 0.185 e. The van der Waals surface area contributed by atoms with Crippen molar-refractivity contribution in [2.24, 2.45) is 5.92 Å². The molecule has 1 saturated heterocycles. The maximum atomic E-state index is 9.08. The van der Waals surface area contributed by atoms with Crippen molar-refractivity contribution in [1.29, 1.82) is 10.5 Å². The van der Waals surface area contributed by atoms with Gasteiger partial charge in [0.1, 0.15) is 0 Å². The first kappa shape index (κ1) is 13.8. The van der Waals surface area contributed by atoms with Crippen LogP contribution in [0.2, 0.25) is 0 Å². The molecule has 1 fully saturated rings. The number of nitrogens with zero attached hydrogens (tertiary/aromatic N) is 5. The first-order chi connectivity index (χ1) is 9.33. The van der Waals surface area contributed by atoms with Crippen LogP contribution in [0.4, 0.5) is 5.13 Å². The van der Waals surface area contributed by atoms with Crippen LogP contribution in [0.1, 0.15) is 12.8 Å². The van der Waals surface area contributed by atoms with Gasteiger partial charge in [-0.3, -0.25) is 4.90 Å². The standard InChI is InChI=1S/C13H17N5S/c14-3-1-2-12(10-15)11-17-5-7-18(8-6-17)13-16-4-9-19-13/h4,9,12H,1-2,5-8,11H2/t12-/m1/s1. The number of hydrogen-bond donors (Lipinski definition) is 0. The minimum atomic E-state index is -0.0222. The Labute approximate surface area is 117 Å². The van der Waals surface area contributed by atoms with E-state index in [2.05, 4.69) is 26.9 Å². The summed E-state index contributed by atoms with van der Waals surface area (Å²) in [5, 5.41) is 20.7. The average molecular weight is 275 g/mol. The summed E-state index contributed by atoms with van der Waals surface area (Å²) in [5.74, 6) is -0.0222. The smallest absolute Gasteiger partial charge is 0.185 e. The fraction of sp³-hybridized carbons (Fsp3) is 0.615. The van der Waals surface area contributed by atoms with Gasteiger partial charge >= 0.3 is 0 Å². The Balaban J connectivity index is 1.77. The molecule has 1 aliphatic heterocycles. The van der Waals surface area contributed by atoms with E-state index in [1.165, 1.54) is 0 Å². The summed E-state index contributed by atoms with van der Waals surface area (Å²) in [5.41, 5.74) is 0. The molecule has 0 amide bonds. The lowest BCUT2D eigenvalue weighted by molar-refractivity contribution is 0.233. The lowest BCUT2D eigenvalue weighted by Crippen LogP contribution is -2.47. The second-order valence-electron chi connectivity index (χ2n) is 4.63. The highest BCUT2D eigenvalue weighted by molar-refractivity contribution is 7.13. The molecule has 0 radical (unpaired) electrons. The molecule has 2 heterocycles. The lowest BCUT2D eigenvalue weighted by atomic mass is 10.0. The molecule has 1 aliphatic rings. The Bertz CT molecular complexity index is 450. The van der Waals surface area contributed by atoms with Crippen molar-refractivity contribution < 1.29 is 0 Å². The van der Waals surface area contributed by atoms with Crippen LogP contribution >= 0.6 is 11.3 Å². The molecule has 0 aromatic carbocycles. The van der Waals surface area contributed by atoms with Crippen molar-refractivity contribution >= 4 is 16.5 Å². The highest BCUT2D eigenvalue weighted by Crippen LogP contribution is 2.19. The van der Waals surface area contributed by atoms with Crippen LogP contribution in [0.15, 0.2) is 11.6 Å². The molecule has 0 N–H and O–H groups in total. The summed E-state index contributed by atoms with van der Waals surface area (Å²) in [6.07, 6.45) is 2.98. The third kappa shape index (κ3) is 3.92. The van der Waals surface area contributed by atoms with Gasteiger partial charge in [0, 0.05) is 50.7 Å². The highest BCUT2D eigenvalue weighted by Gasteiger charge is 2.21. The highest BCUT2D eigenvalue weighted by atomic mass is 32.1. The molecule has 0 aliphatic carbocycles. The Hall–Kier alpha value is -1.63. The molecule has 6 heteroatoms. The number of hydrogen-bond acceptors (Lipinski definition) is 6. The third-order valence-corrected chi connectivity index (χ3v) is 4.16. The van der Waals surface area contributed by atoms with Crippen molar-refractivity contribution in [3.8, 4) is 12.1 Å². The zero-order chi connectivity index (χ0) is 13.5. The quantitative estimate of drug-likeness (QED) is 0.818. The van der Waals surface area contributed by atoms with Gasteiger partial charge in [0.25, 0.3) is 0 Å². The van der Waals surface area contributed by atoms with E-state index in [1.54, 1.807) is 11.3 Å². The van der Waals surface area contributed by atoms with Gasteiger partial charge in [-0.05, 0) is 6.42 Å². The summed E-state index contributed by atoms with van der Waals surface area (Å²) in [6, 6.07) is 4.42. The fourth-order valence-electron chi connectivity index (χ4n) is 2.24. The molecular weight excluding hydrogens is 258 g/mol. The molecule has 1 aromatic heterocycles. The van der Waals surface area contributed by atoms with E-state index in [9.17, 15) is 0 Å². The van der Waals surface area contributed by atoms with E-state index < -0.39 is 0 Å². The van der Waals surface area contributed by atoms with Gasteiger partial charge < -0.3 is 4.90 Å². The molecule has 19 heavy (non-hydrogen) atoms. The summed E-state index contributed by atoms with van der Waals surface area (Å²) in [4.78, 5) is 8.92. The van der Waals surface area contributed by atoms with Crippen LogP contribution in [0.3, 0.4) is 0 Å². The van der Waals surface area contributed by atoms with Gasteiger partial charge in [-0.25, -0.2) is 4.98 Å². The fourth-order valence-corrected chi connectivity index (χ4v) is 2.94. The monoisotopic (exact) mass is 275 g/mol. The number of aromatic nitrogens is 1. The van der Waals surface area contributed by atoms with Crippen LogP contribution in [0.5, 0.6) is 0 Å². The Morgan fingerprint density at radius 1 is 1.32 bits per heavy atom. The molecule has 0 bridgehead atoms. The molecule has 1 atom stereocenters. The summed E-state index contributed by atoms with van der Waals surface area (Å²) in [6.45, 7) is 4.63. The van der Waals surface area contributed by atoms with E-state index in [0.29, 0.717) is 12.8 Å². The molecule has 1 aromatic rings. The molecule has 100 valence electrons. The average Bonchev–Trinajstić information content (AvgIpc) is 2.98. The first-order valence-electron chi connectivity index (χ1n) is 6.47. The number of rotatable bonds is 5. The van der Waals surface area contributed by atoms with Crippen LogP contribution in [-0.2, 0) is 0 Å². The van der Waals surface area contributed by atoms with Crippen LogP contribution in [0.25, 0.3) is 0 Å². The SMILES string of the molecule is N#CCC[C@H](C#N)CN1CCN(c2nccs2)CC1. The number of nitriles is 2. The minimum Gasteiger partial charge on any atom is -0.346 e. The normalized spacial score (nSPS) is 17.7. The van der Waals surface area contributed by atoms with Crippen molar-refractivity contribution in [2.45, 2.75) is 12.8 Å². The molecule has 5 nitrogen and oxygen atoms in total. The predicted octanol–water partition coefficient (Wildman–Crippen LogP) is 1.71. The van der Waals surface area contributed by atoms with E-state index in [0.717, 1.165) is 37.9 Å². The van der Waals surface area contributed by atoms with Gasteiger partial charge in [0.05, 0.1) is 18.1 Å². The van der Waals surface area contributed by atoms with Crippen molar-refractivity contribution in [3.63, 3.8) is 0 Å². The second-order valence-corrected chi connectivity index (χ2v) is 5.50. The van der Waals surface area contributed by atoms with Gasteiger partial charge in [-0.2, -0.15) is 10.5 Å². The van der Waals surface area contributed by atoms with Crippen LogP contribution in [-0.4, -0.2) is 42.6 Å². The van der Waals surface area contributed by atoms with Crippen molar-refractivity contribution in [3.05, 3.63) is 11.6 Å². The Morgan fingerprint density at radius 3 is 2.68 bits per heavy atom. The Morgan fingerprint density at radius 2 is 2.11 bits per heavy atom. The summed E-state index contributed by atoms with van der Waals surface area (Å²) in [7, 11) is 0. The molecular formula is C13H17N5S. The largest absolute Gasteiger partial charge is 0.346 e. The summed E-state index contributed by atoms with van der Waals surface area (Å²) >= 11 is 1.67. The number of piperazine rings is 1. The minimum absolute atomic E-state index is 0.0222. The van der Waals surface area contributed by atoms with Gasteiger partial charge in [0.15, 0.2) is 5.13 Å². The van der Waals surface area contributed by atoms with E-state index in [1.807, 2.05) is 11.6 Å². The molecule has 2 rings (SSSR count). The maximum absolute atomic E-state index is 9.08. The van der Waals surface area contributed by atoms with Gasteiger partial charge in [-0.15, -0.1) is 11.3 Å². The van der Waals surface area contributed by atoms with E-state index in [-0.39, 0.29) is 5.92 Å². The zero-order valence-corrected chi connectivity index (χ0v) is 11.6. The predicted molar refractivity (Wildman–Crippen MR) is 74.7 cm³/mol. The number of thiazole rings is 1. The van der Waals surface area contributed by atoms with E-state index >= 15 is 0 Å². The first-order valence-corrected chi connectivity index (χ1v) is 7.35. The van der Waals surface area contributed by atoms with Gasteiger partial charge in [-0.1, -0.05) is 0 Å². The molecule has 0 unspecified atom stereocenters. The summed E-state index contributed by atoms with van der Waals surface area (Å²) < 4.78 is 0. The number of anilines is 1. The van der Waals surface area contributed by atoms with Crippen LogP contribution in [0, 0.1) is 28.6 Å². The lowest BCUT2D eigenvalue weighted by Gasteiger charge is -2.35. The van der Waals surface area contributed by atoms with E-state index in [4.69, 9.17) is 10.5 Å². The third-order valence-electron chi connectivity index (χ3n) is 3.33.